The number of amides is 1. The molecule has 2 aromatic rings. The Kier molecular flexibility index (Phi) is 7.82. The lowest BCUT2D eigenvalue weighted by atomic mass is 10.1. The summed E-state index contributed by atoms with van der Waals surface area (Å²) in [5.74, 6) is -1.85. The van der Waals surface area contributed by atoms with Crippen LogP contribution >= 0.6 is 11.6 Å². The van der Waals surface area contributed by atoms with Gasteiger partial charge in [-0.05, 0) is 37.6 Å². The van der Waals surface area contributed by atoms with Crippen molar-refractivity contribution in [2.45, 2.75) is 20.3 Å². The maximum atomic E-state index is 12.9. The van der Waals surface area contributed by atoms with Gasteiger partial charge in [0.15, 0.2) is 0 Å². The first-order valence-electron chi connectivity index (χ1n) is 8.82. The summed E-state index contributed by atoms with van der Waals surface area (Å²) in [5, 5.41) is 14.0. The number of nitrogens with zero attached hydrogens (tertiary/aromatic N) is 3. The number of rotatable bonds is 10. The number of ether oxygens (including phenoxy) is 1. The number of halogens is 1. The van der Waals surface area contributed by atoms with Gasteiger partial charge in [0.2, 0.25) is 0 Å². The van der Waals surface area contributed by atoms with E-state index in [2.05, 4.69) is 5.10 Å². The fourth-order valence-electron chi connectivity index (χ4n) is 2.54. The summed E-state index contributed by atoms with van der Waals surface area (Å²) in [5.41, 5.74) is 1.18. The summed E-state index contributed by atoms with van der Waals surface area (Å²) < 4.78 is 6.90. The van der Waals surface area contributed by atoms with E-state index in [1.54, 1.807) is 47.0 Å². The minimum absolute atomic E-state index is 0.131. The smallest absolute Gasteiger partial charge is 0.308 e. The predicted octanol–water partition coefficient (Wildman–Crippen LogP) is 3.12. The molecule has 27 heavy (non-hydrogen) atoms. The predicted molar refractivity (Wildman–Crippen MR) is 102 cm³/mol. The van der Waals surface area contributed by atoms with Gasteiger partial charge in [0.1, 0.15) is 0 Å². The van der Waals surface area contributed by atoms with Crippen LogP contribution in [0.1, 0.15) is 30.6 Å². The molecule has 0 aliphatic rings. The topological polar surface area (TPSA) is 84.7 Å². The van der Waals surface area contributed by atoms with Crippen LogP contribution in [0.5, 0.6) is 0 Å². The van der Waals surface area contributed by atoms with Crippen molar-refractivity contribution in [3.8, 4) is 5.69 Å². The van der Waals surface area contributed by atoms with Gasteiger partial charge in [0, 0.05) is 37.5 Å². The Morgan fingerprint density at radius 3 is 2.67 bits per heavy atom. The van der Waals surface area contributed by atoms with Gasteiger partial charge in [-0.1, -0.05) is 18.5 Å². The molecule has 1 unspecified atom stereocenters. The second-order valence-electron chi connectivity index (χ2n) is 6.19. The van der Waals surface area contributed by atoms with E-state index >= 15 is 0 Å². The van der Waals surface area contributed by atoms with Crippen LogP contribution < -0.4 is 0 Å². The van der Waals surface area contributed by atoms with Crippen LogP contribution in [0, 0.1) is 5.92 Å². The highest BCUT2D eigenvalue weighted by molar-refractivity contribution is 6.30. The molecule has 0 saturated carbocycles. The third kappa shape index (κ3) is 6.08. The van der Waals surface area contributed by atoms with Crippen LogP contribution in [0.2, 0.25) is 5.02 Å². The number of benzene rings is 1. The fraction of sp³-hybridized carbons (Fsp3) is 0.421. The van der Waals surface area contributed by atoms with Crippen LogP contribution in [0.4, 0.5) is 0 Å². The Balaban J connectivity index is 2.13. The van der Waals surface area contributed by atoms with Gasteiger partial charge in [-0.25, -0.2) is 4.68 Å². The van der Waals surface area contributed by atoms with Crippen molar-refractivity contribution in [3.63, 3.8) is 0 Å². The highest BCUT2D eigenvalue weighted by Crippen LogP contribution is 2.15. The summed E-state index contributed by atoms with van der Waals surface area (Å²) in [6.07, 6.45) is 3.75. The van der Waals surface area contributed by atoms with E-state index in [1.807, 2.05) is 6.92 Å². The van der Waals surface area contributed by atoms with Crippen LogP contribution in [0.3, 0.4) is 0 Å². The molecule has 1 amide bonds. The quantitative estimate of drug-likeness (QED) is 0.627. The molecule has 1 atom stereocenters. The molecule has 2 rings (SSSR count). The van der Waals surface area contributed by atoms with E-state index in [0.717, 1.165) is 5.69 Å². The molecule has 1 N–H and O–H groups in total. The molecule has 0 aliphatic heterocycles. The van der Waals surface area contributed by atoms with Gasteiger partial charge >= 0.3 is 5.97 Å². The van der Waals surface area contributed by atoms with Crippen LogP contribution in [0.15, 0.2) is 36.7 Å². The molecule has 8 heteroatoms. The van der Waals surface area contributed by atoms with Crippen molar-refractivity contribution < 1.29 is 19.4 Å². The Bertz CT molecular complexity index is 761. The normalized spacial score (nSPS) is 12.0. The largest absolute Gasteiger partial charge is 0.481 e. The van der Waals surface area contributed by atoms with Crippen molar-refractivity contribution in [1.82, 2.24) is 14.7 Å². The molecule has 1 aromatic heterocycles. The second kappa shape index (κ2) is 10.1. The van der Waals surface area contributed by atoms with Gasteiger partial charge in [-0.3, -0.25) is 9.59 Å². The van der Waals surface area contributed by atoms with Crippen LogP contribution in [0.25, 0.3) is 5.69 Å². The van der Waals surface area contributed by atoms with E-state index in [4.69, 9.17) is 16.3 Å². The zero-order valence-corrected chi connectivity index (χ0v) is 16.2. The average Bonchev–Trinajstić information content (AvgIpc) is 3.14. The number of carbonyl (C=O) groups excluding carboxylic acids is 1. The number of carbonyl (C=O) groups is 2. The molecule has 146 valence electrons. The third-order valence-electron chi connectivity index (χ3n) is 4.04. The summed E-state index contributed by atoms with van der Waals surface area (Å²) in [6, 6.07) is 7.09. The van der Waals surface area contributed by atoms with Crippen molar-refractivity contribution in [1.29, 1.82) is 0 Å². The molecule has 1 heterocycles. The lowest BCUT2D eigenvalue weighted by Crippen LogP contribution is -2.38. The van der Waals surface area contributed by atoms with Gasteiger partial charge < -0.3 is 14.7 Å². The van der Waals surface area contributed by atoms with Gasteiger partial charge in [-0.15, -0.1) is 0 Å². The fourth-order valence-corrected chi connectivity index (χ4v) is 2.66. The third-order valence-corrected chi connectivity index (χ3v) is 4.30. The van der Waals surface area contributed by atoms with E-state index < -0.39 is 11.9 Å². The zero-order valence-electron chi connectivity index (χ0n) is 15.5. The summed E-state index contributed by atoms with van der Waals surface area (Å²) in [4.78, 5) is 25.6. The molecule has 0 radical (unpaired) electrons. The summed E-state index contributed by atoms with van der Waals surface area (Å²) in [6.45, 7) is 5.16. The van der Waals surface area contributed by atoms with Crippen LogP contribution in [-0.2, 0) is 9.53 Å². The number of aliphatic carboxylic acids is 1. The van der Waals surface area contributed by atoms with E-state index in [9.17, 15) is 14.7 Å². The van der Waals surface area contributed by atoms with Crippen molar-refractivity contribution in [2.24, 2.45) is 5.92 Å². The average molecular weight is 394 g/mol. The van der Waals surface area contributed by atoms with E-state index in [0.29, 0.717) is 36.8 Å². The maximum Gasteiger partial charge on any atom is 0.308 e. The van der Waals surface area contributed by atoms with Crippen molar-refractivity contribution in [3.05, 3.63) is 47.2 Å². The number of hydrogen-bond acceptors (Lipinski definition) is 4. The zero-order chi connectivity index (χ0) is 19.8. The molecule has 0 saturated heterocycles. The number of aromatic nitrogens is 2. The molecule has 0 fully saturated rings. The molecule has 1 aromatic carbocycles. The molecule has 0 bridgehead atoms. The highest BCUT2D eigenvalue weighted by atomic mass is 35.5. The first kappa shape index (κ1) is 20.9. The molecular formula is C19H24ClN3O4. The van der Waals surface area contributed by atoms with Gasteiger partial charge in [0.05, 0.1) is 23.4 Å². The minimum Gasteiger partial charge on any atom is -0.481 e. The SMILES string of the molecule is CCOCCCN(CC(C)C(=O)O)C(=O)c1cnn(-c2ccc(Cl)cc2)c1. The molecule has 7 nitrogen and oxygen atoms in total. The maximum absolute atomic E-state index is 12.9. The lowest BCUT2D eigenvalue weighted by molar-refractivity contribution is -0.141. The minimum atomic E-state index is -0.936. The molecule has 0 aliphatic carbocycles. The number of carboxylic acid groups (broad SMARTS) is 1. The summed E-state index contributed by atoms with van der Waals surface area (Å²) in [7, 11) is 0. The molecule has 0 spiro atoms. The molecular weight excluding hydrogens is 370 g/mol. The second-order valence-corrected chi connectivity index (χ2v) is 6.63. The Labute approximate surface area is 163 Å². The first-order chi connectivity index (χ1) is 12.9. The summed E-state index contributed by atoms with van der Waals surface area (Å²) >= 11 is 5.89. The highest BCUT2D eigenvalue weighted by Gasteiger charge is 2.22. The first-order valence-corrected chi connectivity index (χ1v) is 9.20. The van der Waals surface area contributed by atoms with Crippen LogP contribution in [-0.4, -0.2) is 58.0 Å². The van der Waals surface area contributed by atoms with Crippen molar-refractivity contribution in [2.75, 3.05) is 26.3 Å². The lowest BCUT2D eigenvalue weighted by Gasteiger charge is -2.24. The van der Waals surface area contributed by atoms with Crippen molar-refractivity contribution >= 4 is 23.5 Å². The van der Waals surface area contributed by atoms with Gasteiger partial charge in [-0.2, -0.15) is 5.10 Å². The van der Waals surface area contributed by atoms with E-state index in [-0.39, 0.29) is 12.5 Å². The van der Waals surface area contributed by atoms with Gasteiger partial charge in [0.25, 0.3) is 5.91 Å². The Morgan fingerprint density at radius 2 is 2.04 bits per heavy atom. The monoisotopic (exact) mass is 393 g/mol. The number of carboxylic acids is 1. The standard InChI is InChI=1S/C19H24ClN3O4/c1-3-27-10-4-9-22(12-14(2)19(25)26)18(24)15-11-21-23(13-15)17-7-5-16(20)6-8-17/h5-8,11,13-14H,3-4,9-10,12H2,1-2H3,(H,25,26). The Hall–Kier alpha value is -2.38. The number of hydrogen-bond donors (Lipinski definition) is 1. The van der Waals surface area contributed by atoms with E-state index in [1.165, 1.54) is 6.20 Å². The Morgan fingerprint density at radius 1 is 1.33 bits per heavy atom.